The van der Waals surface area contributed by atoms with Gasteiger partial charge in [0.1, 0.15) is 11.5 Å². The predicted molar refractivity (Wildman–Crippen MR) is 94.4 cm³/mol. The van der Waals surface area contributed by atoms with Gasteiger partial charge in [-0.15, -0.1) is 0 Å². The highest BCUT2D eigenvalue weighted by atomic mass is 32.5. The zero-order valence-electron chi connectivity index (χ0n) is 13.5. The van der Waals surface area contributed by atoms with Crippen LogP contribution in [0.1, 0.15) is 22.3 Å². The molecule has 0 aliphatic heterocycles. The number of rotatable bonds is 5. The van der Waals surface area contributed by atoms with Gasteiger partial charge in [-0.1, -0.05) is 36.4 Å². The van der Waals surface area contributed by atoms with Gasteiger partial charge >= 0.3 is 6.72 Å². The van der Waals surface area contributed by atoms with Crippen LogP contribution in [0.4, 0.5) is 0 Å². The summed E-state index contributed by atoms with van der Waals surface area (Å²) in [5, 5.41) is 0. The Balaban J connectivity index is 2.36. The minimum atomic E-state index is -2.92. The Labute approximate surface area is 137 Å². The van der Waals surface area contributed by atoms with Gasteiger partial charge in [0.25, 0.3) is 0 Å². The standard InChI is InChI=1S/C17H21O3PS/c1-12-8-6-9-13(2)16(12)19-21(22,18-5)20-17-14(3)10-7-11-15(17)4/h6-11H,1-5H3. The van der Waals surface area contributed by atoms with Crippen molar-refractivity contribution in [2.75, 3.05) is 7.11 Å². The van der Waals surface area contributed by atoms with Gasteiger partial charge in [-0.05, 0) is 49.9 Å². The van der Waals surface area contributed by atoms with Crippen molar-refractivity contribution in [3.8, 4) is 11.5 Å². The van der Waals surface area contributed by atoms with Crippen LogP contribution in [0.25, 0.3) is 0 Å². The Morgan fingerprint density at radius 3 is 1.32 bits per heavy atom. The number of hydrogen-bond acceptors (Lipinski definition) is 4. The molecule has 0 bridgehead atoms. The molecule has 0 atom stereocenters. The molecule has 0 unspecified atom stereocenters. The SMILES string of the molecule is COP(=S)(Oc1c(C)cccc1C)Oc1c(C)cccc1C. The molecule has 0 aliphatic rings. The Hall–Kier alpha value is -1.35. The summed E-state index contributed by atoms with van der Waals surface area (Å²) in [4.78, 5) is 0. The first-order chi connectivity index (χ1) is 10.4. The third-order valence-corrected chi connectivity index (χ3v) is 5.60. The maximum atomic E-state index is 6.01. The lowest BCUT2D eigenvalue weighted by atomic mass is 10.1. The predicted octanol–water partition coefficient (Wildman–Crippen LogP) is 5.25. The van der Waals surface area contributed by atoms with Crippen molar-refractivity contribution in [3.05, 3.63) is 58.7 Å². The van der Waals surface area contributed by atoms with Crippen LogP contribution in [0, 0.1) is 27.7 Å². The number of aryl methyl sites for hydroxylation is 4. The summed E-state index contributed by atoms with van der Waals surface area (Å²) in [5.41, 5.74) is 4.04. The molecule has 0 aliphatic carbocycles. The molecule has 2 aromatic rings. The van der Waals surface area contributed by atoms with E-state index in [1.165, 1.54) is 7.11 Å². The molecule has 0 saturated carbocycles. The molecule has 3 nitrogen and oxygen atoms in total. The molecule has 0 N–H and O–H groups in total. The molecule has 0 heterocycles. The summed E-state index contributed by atoms with van der Waals surface area (Å²) in [6.07, 6.45) is 0. The van der Waals surface area contributed by atoms with E-state index >= 15 is 0 Å². The zero-order chi connectivity index (χ0) is 16.3. The van der Waals surface area contributed by atoms with Gasteiger partial charge in [-0.2, -0.15) is 0 Å². The van der Waals surface area contributed by atoms with E-state index in [4.69, 9.17) is 25.4 Å². The molecule has 2 aromatic carbocycles. The van der Waals surface area contributed by atoms with E-state index in [1.807, 2.05) is 64.1 Å². The van der Waals surface area contributed by atoms with E-state index in [0.29, 0.717) is 0 Å². The molecule has 0 spiro atoms. The zero-order valence-corrected chi connectivity index (χ0v) is 15.3. The first-order valence-electron chi connectivity index (χ1n) is 7.03. The van der Waals surface area contributed by atoms with Gasteiger partial charge < -0.3 is 9.05 Å². The molecule has 0 radical (unpaired) electrons. The van der Waals surface area contributed by atoms with Gasteiger partial charge in [0, 0.05) is 18.9 Å². The van der Waals surface area contributed by atoms with E-state index < -0.39 is 6.72 Å². The molecule has 2 rings (SSSR count). The topological polar surface area (TPSA) is 27.7 Å². The van der Waals surface area contributed by atoms with Crippen molar-refractivity contribution >= 4 is 18.5 Å². The van der Waals surface area contributed by atoms with Gasteiger partial charge in [0.15, 0.2) is 0 Å². The van der Waals surface area contributed by atoms with Crippen LogP contribution >= 0.6 is 6.72 Å². The normalized spacial score (nSPS) is 11.3. The molecule has 5 heteroatoms. The van der Waals surface area contributed by atoms with Crippen molar-refractivity contribution in [2.24, 2.45) is 0 Å². The molecule has 0 fully saturated rings. The second-order valence-electron chi connectivity index (χ2n) is 5.25. The molecular formula is C17H21O3PS. The fourth-order valence-electron chi connectivity index (χ4n) is 2.20. The maximum absolute atomic E-state index is 6.01. The van der Waals surface area contributed by atoms with Crippen LogP contribution in [-0.4, -0.2) is 7.11 Å². The van der Waals surface area contributed by atoms with Crippen molar-refractivity contribution in [1.29, 1.82) is 0 Å². The Morgan fingerprint density at radius 1 is 0.727 bits per heavy atom. The Morgan fingerprint density at radius 2 is 1.05 bits per heavy atom. The van der Waals surface area contributed by atoms with E-state index in [1.54, 1.807) is 0 Å². The van der Waals surface area contributed by atoms with Crippen molar-refractivity contribution in [1.82, 2.24) is 0 Å². The quantitative estimate of drug-likeness (QED) is 0.697. The highest BCUT2D eigenvalue weighted by molar-refractivity contribution is 8.07. The Bertz CT molecular complexity index is 630. The van der Waals surface area contributed by atoms with Gasteiger partial charge in [-0.25, -0.2) is 0 Å². The first-order valence-corrected chi connectivity index (χ1v) is 9.59. The van der Waals surface area contributed by atoms with Gasteiger partial charge in [-0.3, -0.25) is 4.52 Å². The summed E-state index contributed by atoms with van der Waals surface area (Å²) >= 11 is 5.55. The highest BCUT2D eigenvalue weighted by Gasteiger charge is 2.26. The summed E-state index contributed by atoms with van der Waals surface area (Å²) in [7, 11) is 1.53. The largest absolute Gasteiger partial charge is 0.434 e. The maximum Gasteiger partial charge on any atom is 0.434 e. The summed E-state index contributed by atoms with van der Waals surface area (Å²) in [6, 6.07) is 11.9. The van der Waals surface area contributed by atoms with Crippen LogP contribution in [0.2, 0.25) is 0 Å². The summed E-state index contributed by atoms with van der Waals surface area (Å²) in [5.74, 6) is 1.47. The first kappa shape index (κ1) is 17.0. The van der Waals surface area contributed by atoms with E-state index in [2.05, 4.69) is 0 Å². The van der Waals surface area contributed by atoms with Crippen LogP contribution in [0.15, 0.2) is 36.4 Å². The van der Waals surface area contributed by atoms with Crippen molar-refractivity contribution < 1.29 is 13.6 Å². The molecule has 0 amide bonds. The van der Waals surface area contributed by atoms with Gasteiger partial charge in [0.05, 0.1) is 0 Å². The van der Waals surface area contributed by atoms with Crippen LogP contribution in [0.3, 0.4) is 0 Å². The third-order valence-electron chi connectivity index (χ3n) is 3.45. The Kier molecular flexibility index (Phi) is 5.28. The summed E-state index contributed by atoms with van der Waals surface area (Å²) in [6.45, 7) is 5.01. The average molecular weight is 336 g/mol. The minimum Gasteiger partial charge on any atom is -0.415 e. The number of benzene rings is 2. The monoisotopic (exact) mass is 336 g/mol. The molecule has 118 valence electrons. The van der Waals surface area contributed by atoms with E-state index in [9.17, 15) is 0 Å². The van der Waals surface area contributed by atoms with E-state index in [0.717, 1.165) is 33.8 Å². The number of para-hydroxylation sites is 2. The van der Waals surface area contributed by atoms with E-state index in [-0.39, 0.29) is 0 Å². The number of hydrogen-bond donors (Lipinski definition) is 0. The molecule has 0 saturated heterocycles. The van der Waals surface area contributed by atoms with Crippen LogP contribution < -0.4 is 9.05 Å². The van der Waals surface area contributed by atoms with Crippen LogP contribution in [-0.2, 0) is 16.3 Å². The lowest BCUT2D eigenvalue weighted by Crippen LogP contribution is -2.06. The molecular weight excluding hydrogens is 315 g/mol. The van der Waals surface area contributed by atoms with Crippen molar-refractivity contribution in [2.45, 2.75) is 27.7 Å². The van der Waals surface area contributed by atoms with Crippen LogP contribution in [0.5, 0.6) is 11.5 Å². The highest BCUT2D eigenvalue weighted by Crippen LogP contribution is 2.51. The fourth-order valence-corrected chi connectivity index (χ4v) is 3.86. The van der Waals surface area contributed by atoms with Crippen molar-refractivity contribution in [3.63, 3.8) is 0 Å². The fraction of sp³-hybridized carbons (Fsp3) is 0.294. The summed E-state index contributed by atoms with van der Waals surface area (Å²) < 4.78 is 17.5. The van der Waals surface area contributed by atoms with Gasteiger partial charge in [0.2, 0.25) is 0 Å². The third kappa shape index (κ3) is 3.70. The average Bonchev–Trinajstić information content (AvgIpc) is 2.47. The minimum absolute atomic E-state index is 0.735. The molecule has 22 heavy (non-hydrogen) atoms. The molecule has 0 aromatic heterocycles. The smallest absolute Gasteiger partial charge is 0.415 e. The second-order valence-corrected chi connectivity index (χ2v) is 8.22. The lowest BCUT2D eigenvalue weighted by Gasteiger charge is -2.24. The second kappa shape index (κ2) is 6.82. The lowest BCUT2D eigenvalue weighted by molar-refractivity contribution is 0.316.